The van der Waals surface area contributed by atoms with Crippen LogP contribution in [-0.2, 0) is 6.54 Å². The zero-order valence-corrected chi connectivity index (χ0v) is 7.89. The summed E-state index contributed by atoms with van der Waals surface area (Å²) in [5.41, 5.74) is 1.00. The Hall–Kier alpha value is -1.62. The van der Waals surface area contributed by atoms with E-state index in [0.717, 1.165) is 0 Å². The van der Waals surface area contributed by atoms with Gasteiger partial charge in [0.2, 0.25) is 0 Å². The number of hydrogen-bond acceptors (Lipinski definition) is 3. The summed E-state index contributed by atoms with van der Waals surface area (Å²) in [6.45, 7) is -0.974. The molecule has 2 rings (SSSR count). The van der Waals surface area contributed by atoms with Crippen molar-refractivity contribution < 1.29 is 13.9 Å². The van der Waals surface area contributed by atoms with Crippen molar-refractivity contribution >= 4 is 11.1 Å². The summed E-state index contributed by atoms with van der Waals surface area (Å²) in [4.78, 5) is 11.4. The fraction of sp³-hybridized carbons (Fsp3) is 0.300. The van der Waals surface area contributed by atoms with E-state index in [1.165, 1.54) is 4.57 Å². The molecule has 0 bridgehead atoms. The van der Waals surface area contributed by atoms with E-state index in [1.807, 2.05) is 0 Å². The van der Waals surface area contributed by atoms with Crippen LogP contribution >= 0.6 is 0 Å². The van der Waals surface area contributed by atoms with Crippen molar-refractivity contribution in [2.24, 2.45) is 0 Å². The van der Waals surface area contributed by atoms with Crippen molar-refractivity contribution in [1.82, 2.24) is 4.57 Å². The van der Waals surface area contributed by atoms with Gasteiger partial charge in [0.05, 0.1) is 12.1 Å². The quantitative estimate of drug-likeness (QED) is 0.821. The van der Waals surface area contributed by atoms with Crippen LogP contribution in [0, 0.1) is 0 Å². The molecule has 1 aromatic carbocycles. The topological polar surface area (TPSA) is 55.4 Å². The lowest BCUT2D eigenvalue weighted by molar-refractivity contribution is 0.121. The monoisotopic (exact) mass is 211 g/mol. The minimum Gasteiger partial charge on any atom is -0.408 e. The number of para-hydroxylation sites is 2. The summed E-state index contributed by atoms with van der Waals surface area (Å²) in [5.74, 6) is -0.580. The van der Waals surface area contributed by atoms with E-state index in [9.17, 15) is 9.18 Å². The first kappa shape index (κ1) is 9.92. The van der Waals surface area contributed by atoms with Gasteiger partial charge in [0.15, 0.2) is 5.58 Å². The molecule has 5 heteroatoms. The van der Waals surface area contributed by atoms with Gasteiger partial charge >= 0.3 is 5.76 Å². The average Bonchev–Trinajstić information content (AvgIpc) is 2.55. The van der Waals surface area contributed by atoms with Gasteiger partial charge < -0.3 is 9.52 Å². The normalized spacial score (nSPS) is 13.2. The number of fused-ring (bicyclic) bond motifs is 1. The van der Waals surface area contributed by atoms with Gasteiger partial charge in [0, 0.05) is 0 Å². The molecule has 1 heterocycles. The molecule has 0 spiro atoms. The molecule has 0 radical (unpaired) electrons. The van der Waals surface area contributed by atoms with Crippen molar-refractivity contribution in [3.05, 3.63) is 34.8 Å². The fourth-order valence-corrected chi connectivity index (χ4v) is 1.45. The molecule has 1 aromatic heterocycles. The second-order valence-electron chi connectivity index (χ2n) is 3.25. The van der Waals surface area contributed by atoms with Crippen LogP contribution in [0.5, 0.6) is 0 Å². The van der Waals surface area contributed by atoms with Crippen molar-refractivity contribution in [3.8, 4) is 0 Å². The Morgan fingerprint density at radius 1 is 1.47 bits per heavy atom. The van der Waals surface area contributed by atoms with Crippen LogP contribution in [0.1, 0.15) is 0 Å². The number of nitrogens with zero attached hydrogens (tertiary/aromatic N) is 1. The lowest BCUT2D eigenvalue weighted by Crippen LogP contribution is -2.24. The van der Waals surface area contributed by atoms with Crippen molar-refractivity contribution in [3.63, 3.8) is 0 Å². The molecule has 1 N–H and O–H groups in total. The molecule has 0 aliphatic carbocycles. The van der Waals surface area contributed by atoms with E-state index in [1.54, 1.807) is 24.3 Å². The van der Waals surface area contributed by atoms with Crippen molar-refractivity contribution in [1.29, 1.82) is 0 Å². The van der Waals surface area contributed by atoms with Crippen LogP contribution in [0.2, 0.25) is 0 Å². The number of alkyl halides is 1. The maximum atomic E-state index is 12.1. The first-order chi connectivity index (χ1) is 7.22. The fourth-order valence-electron chi connectivity index (χ4n) is 1.45. The van der Waals surface area contributed by atoms with Crippen LogP contribution in [0.3, 0.4) is 0 Å². The van der Waals surface area contributed by atoms with Crippen LogP contribution in [0.25, 0.3) is 11.1 Å². The molecular formula is C10H10FNO3. The number of aliphatic hydroxyl groups excluding tert-OH is 1. The summed E-state index contributed by atoms with van der Waals surface area (Å²) in [6, 6.07) is 6.82. The third-order valence-corrected chi connectivity index (χ3v) is 2.15. The Morgan fingerprint density at radius 3 is 2.93 bits per heavy atom. The first-order valence-electron chi connectivity index (χ1n) is 4.55. The standard InChI is InChI=1S/C10H10FNO3/c11-5-7(13)6-12-8-3-1-2-4-9(8)15-10(12)14/h1-4,7,13H,5-6H2. The molecule has 0 saturated heterocycles. The Bertz CT molecular complexity index is 517. The predicted octanol–water partition coefficient (Wildman–Crippen LogP) is 0.925. The Morgan fingerprint density at radius 2 is 2.20 bits per heavy atom. The van der Waals surface area contributed by atoms with E-state index in [4.69, 9.17) is 9.52 Å². The molecule has 1 unspecified atom stereocenters. The summed E-state index contributed by atoms with van der Waals surface area (Å²) in [6.07, 6.45) is -1.18. The molecule has 15 heavy (non-hydrogen) atoms. The van der Waals surface area contributed by atoms with Gasteiger partial charge in [-0.25, -0.2) is 9.18 Å². The minimum absolute atomic E-state index is 0.0909. The molecular weight excluding hydrogens is 201 g/mol. The first-order valence-corrected chi connectivity index (χ1v) is 4.55. The summed E-state index contributed by atoms with van der Waals surface area (Å²) in [7, 11) is 0. The highest BCUT2D eigenvalue weighted by atomic mass is 19.1. The third-order valence-electron chi connectivity index (χ3n) is 2.15. The van der Waals surface area contributed by atoms with Crippen LogP contribution in [-0.4, -0.2) is 22.5 Å². The van der Waals surface area contributed by atoms with Gasteiger partial charge in [-0.2, -0.15) is 0 Å². The highest BCUT2D eigenvalue weighted by molar-refractivity contribution is 5.72. The summed E-state index contributed by atoms with van der Waals surface area (Å²) >= 11 is 0. The lowest BCUT2D eigenvalue weighted by atomic mass is 10.3. The summed E-state index contributed by atoms with van der Waals surface area (Å²) in [5, 5.41) is 9.14. The molecule has 0 aliphatic rings. The molecule has 2 aromatic rings. The molecule has 1 atom stereocenters. The highest BCUT2D eigenvalue weighted by Crippen LogP contribution is 2.11. The zero-order chi connectivity index (χ0) is 10.8. The van der Waals surface area contributed by atoms with Gasteiger partial charge in [0.25, 0.3) is 0 Å². The zero-order valence-electron chi connectivity index (χ0n) is 7.89. The number of hydrogen-bond donors (Lipinski definition) is 1. The lowest BCUT2D eigenvalue weighted by Gasteiger charge is -2.05. The molecule has 0 saturated carbocycles. The van der Waals surface area contributed by atoms with E-state index in [2.05, 4.69) is 0 Å². The Balaban J connectivity index is 2.50. The van der Waals surface area contributed by atoms with E-state index < -0.39 is 18.5 Å². The van der Waals surface area contributed by atoms with E-state index in [0.29, 0.717) is 11.1 Å². The van der Waals surface area contributed by atoms with Gasteiger partial charge in [-0.3, -0.25) is 4.57 Å². The maximum absolute atomic E-state index is 12.1. The molecule has 0 aliphatic heterocycles. The number of rotatable bonds is 3. The van der Waals surface area contributed by atoms with Crippen LogP contribution in [0.15, 0.2) is 33.5 Å². The number of halogens is 1. The van der Waals surface area contributed by atoms with E-state index in [-0.39, 0.29) is 6.54 Å². The van der Waals surface area contributed by atoms with Crippen LogP contribution in [0.4, 0.5) is 4.39 Å². The van der Waals surface area contributed by atoms with Gasteiger partial charge in [-0.15, -0.1) is 0 Å². The number of aliphatic hydroxyl groups is 1. The maximum Gasteiger partial charge on any atom is 0.420 e. The number of oxazole rings is 1. The van der Waals surface area contributed by atoms with Gasteiger partial charge in [0.1, 0.15) is 12.8 Å². The van der Waals surface area contributed by atoms with Gasteiger partial charge in [-0.05, 0) is 12.1 Å². The highest BCUT2D eigenvalue weighted by Gasteiger charge is 2.12. The second kappa shape index (κ2) is 3.86. The third kappa shape index (κ3) is 1.78. The summed E-state index contributed by atoms with van der Waals surface area (Å²) < 4.78 is 18.3. The Kier molecular flexibility index (Phi) is 2.55. The minimum atomic E-state index is -1.18. The SMILES string of the molecule is O=c1oc2ccccc2n1CC(O)CF. The molecule has 4 nitrogen and oxygen atoms in total. The predicted molar refractivity (Wildman–Crippen MR) is 52.5 cm³/mol. The molecule has 0 fully saturated rings. The smallest absolute Gasteiger partial charge is 0.408 e. The van der Waals surface area contributed by atoms with Crippen molar-refractivity contribution in [2.45, 2.75) is 12.6 Å². The molecule has 80 valence electrons. The Labute approximate surface area is 84.6 Å². The van der Waals surface area contributed by atoms with Gasteiger partial charge in [-0.1, -0.05) is 12.1 Å². The average molecular weight is 211 g/mol. The second-order valence-corrected chi connectivity index (χ2v) is 3.25. The van der Waals surface area contributed by atoms with Crippen LogP contribution < -0.4 is 5.76 Å². The van der Waals surface area contributed by atoms with Crippen molar-refractivity contribution in [2.75, 3.05) is 6.67 Å². The molecule has 0 amide bonds. The number of aromatic nitrogens is 1. The van der Waals surface area contributed by atoms with E-state index >= 15 is 0 Å². The largest absolute Gasteiger partial charge is 0.420 e. The number of benzene rings is 1.